The smallest absolute Gasteiger partial charge is 0.303 e. The van der Waals surface area contributed by atoms with Gasteiger partial charge in [0.05, 0.1) is 6.10 Å². The van der Waals surface area contributed by atoms with Crippen molar-refractivity contribution < 1.29 is 19.8 Å². The van der Waals surface area contributed by atoms with E-state index >= 15 is 0 Å². The summed E-state index contributed by atoms with van der Waals surface area (Å²) in [5.74, 6) is -0.728. The highest BCUT2D eigenvalue weighted by molar-refractivity contribution is 5.95. The summed E-state index contributed by atoms with van der Waals surface area (Å²) in [6.07, 6.45) is 17.0. The lowest BCUT2D eigenvalue weighted by molar-refractivity contribution is -0.137. The predicted octanol–water partition coefficient (Wildman–Crippen LogP) is 4.06. The number of carboxylic acids is 1. The Morgan fingerprint density at radius 1 is 1.29 bits per heavy atom. The monoisotopic (exact) mass is 334 g/mol. The largest absolute Gasteiger partial charge is 0.481 e. The van der Waals surface area contributed by atoms with Crippen LogP contribution in [0.1, 0.15) is 58.3 Å². The van der Waals surface area contributed by atoms with Crippen LogP contribution in [-0.2, 0) is 9.59 Å². The van der Waals surface area contributed by atoms with Gasteiger partial charge < -0.3 is 10.2 Å². The second kappa shape index (κ2) is 11.8. The molecule has 0 aliphatic heterocycles. The number of ketones is 1. The standard InChI is InChI=1S/C20H30O4/c1-2-3-6-10-17(21)13-14-18-16(12-15-19(18)22)9-7-4-5-8-11-20(23)24/h4,7,12-18,21H,2-3,5-6,8-11H2,1H3,(H,23,24)/b7-4+,14-13+. The summed E-state index contributed by atoms with van der Waals surface area (Å²) in [6, 6.07) is 0. The van der Waals surface area contributed by atoms with E-state index in [9.17, 15) is 14.7 Å². The Balaban J connectivity index is 2.38. The Morgan fingerprint density at radius 3 is 2.79 bits per heavy atom. The van der Waals surface area contributed by atoms with Gasteiger partial charge in [0.15, 0.2) is 5.78 Å². The molecule has 0 aromatic carbocycles. The third-order valence-electron chi connectivity index (χ3n) is 4.28. The fraction of sp³-hybridized carbons (Fsp3) is 0.600. The summed E-state index contributed by atoms with van der Waals surface area (Å²) >= 11 is 0. The molecule has 0 bridgehead atoms. The molecule has 0 radical (unpaired) electrons. The summed E-state index contributed by atoms with van der Waals surface area (Å²) in [6.45, 7) is 2.13. The molecule has 1 aliphatic rings. The number of hydrogen-bond donors (Lipinski definition) is 2. The zero-order chi connectivity index (χ0) is 17.8. The first-order valence-corrected chi connectivity index (χ1v) is 8.99. The summed E-state index contributed by atoms with van der Waals surface area (Å²) < 4.78 is 0. The minimum absolute atomic E-state index is 0.0938. The molecule has 4 nitrogen and oxygen atoms in total. The van der Waals surface area contributed by atoms with E-state index in [-0.39, 0.29) is 24.0 Å². The van der Waals surface area contributed by atoms with E-state index in [0.29, 0.717) is 6.42 Å². The number of hydrogen-bond acceptors (Lipinski definition) is 3. The lowest BCUT2D eigenvalue weighted by Crippen LogP contribution is -2.14. The number of allylic oxidation sites excluding steroid dienone is 5. The molecular weight excluding hydrogens is 304 g/mol. The van der Waals surface area contributed by atoms with E-state index in [0.717, 1.165) is 38.5 Å². The van der Waals surface area contributed by atoms with Crippen molar-refractivity contribution in [2.45, 2.75) is 64.4 Å². The number of unbranched alkanes of at least 4 members (excludes halogenated alkanes) is 3. The molecule has 1 rings (SSSR count). The lowest BCUT2D eigenvalue weighted by Gasteiger charge is -2.13. The van der Waals surface area contributed by atoms with E-state index in [1.165, 1.54) is 0 Å². The number of rotatable bonds is 12. The van der Waals surface area contributed by atoms with Gasteiger partial charge in [-0.15, -0.1) is 0 Å². The van der Waals surface area contributed by atoms with Gasteiger partial charge in [-0.1, -0.05) is 56.6 Å². The van der Waals surface area contributed by atoms with E-state index in [4.69, 9.17) is 5.11 Å². The fourth-order valence-corrected chi connectivity index (χ4v) is 2.81. The molecule has 3 unspecified atom stereocenters. The highest BCUT2D eigenvalue weighted by Crippen LogP contribution is 2.27. The number of carboxylic acid groups (broad SMARTS) is 1. The van der Waals surface area contributed by atoms with Gasteiger partial charge in [0.1, 0.15) is 0 Å². The number of aliphatic carboxylic acids is 1. The minimum Gasteiger partial charge on any atom is -0.481 e. The highest BCUT2D eigenvalue weighted by atomic mass is 16.4. The van der Waals surface area contributed by atoms with Crippen molar-refractivity contribution in [1.82, 2.24) is 0 Å². The Labute approximate surface area is 145 Å². The fourth-order valence-electron chi connectivity index (χ4n) is 2.81. The summed E-state index contributed by atoms with van der Waals surface area (Å²) in [4.78, 5) is 22.4. The summed E-state index contributed by atoms with van der Waals surface area (Å²) in [5.41, 5.74) is 0. The molecule has 0 amide bonds. The number of aliphatic hydroxyl groups is 1. The van der Waals surface area contributed by atoms with Gasteiger partial charge in [0.25, 0.3) is 0 Å². The van der Waals surface area contributed by atoms with Crippen molar-refractivity contribution >= 4 is 11.8 Å². The van der Waals surface area contributed by atoms with Gasteiger partial charge >= 0.3 is 5.97 Å². The molecule has 134 valence electrons. The van der Waals surface area contributed by atoms with E-state index in [1.54, 1.807) is 12.2 Å². The first-order chi connectivity index (χ1) is 11.5. The lowest BCUT2D eigenvalue weighted by atomic mass is 9.90. The predicted molar refractivity (Wildman–Crippen MR) is 95.7 cm³/mol. The van der Waals surface area contributed by atoms with Crippen LogP contribution in [0.15, 0.2) is 36.5 Å². The van der Waals surface area contributed by atoms with E-state index < -0.39 is 12.1 Å². The van der Waals surface area contributed by atoms with E-state index in [2.05, 4.69) is 6.92 Å². The number of carbonyl (C=O) groups excluding carboxylic acids is 1. The van der Waals surface area contributed by atoms with Crippen molar-refractivity contribution in [2.24, 2.45) is 11.8 Å². The molecule has 1 aliphatic carbocycles. The zero-order valence-electron chi connectivity index (χ0n) is 14.6. The first-order valence-electron chi connectivity index (χ1n) is 8.99. The van der Waals surface area contributed by atoms with Crippen LogP contribution in [0.4, 0.5) is 0 Å². The van der Waals surface area contributed by atoms with Gasteiger partial charge in [-0.2, -0.15) is 0 Å². The zero-order valence-corrected chi connectivity index (χ0v) is 14.6. The average molecular weight is 334 g/mol. The number of carbonyl (C=O) groups is 2. The Hall–Kier alpha value is -1.68. The van der Waals surface area contributed by atoms with Gasteiger partial charge in [-0.3, -0.25) is 9.59 Å². The van der Waals surface area contributed by atoms with Crippen molar-refractivity contribution in [3.63, 3.8) is 0 Å². The maximum absolute atomic E-state index is 12.0. The molecule has 0 aromatic rings. The normalized spacial score (nSPS) is 22.0. The Bertz CT molecular complexity index is 476. The maximum Gasteiger partial charge on any atom is 0.303 e. The summed E-state index contributed by atoms with van der Waals surface area (Å²) in [5, 5.41) is 18.5. The molecule has 0 heterocycles. The van der Waals surface area contributed by atoms with Crippen molar-refractivity contribution in [3.8, 4) is 0 Å². The van der Waals surface area contributed by atoms with Crippen LogP contribution >= 0.6 is 0 Å². The molecule has 24 heavy (non-hydrogen) atoms. The molecule has 0 saturated heterocycles. The third kappa shape index (κ3) is 8.25. The molecule has 4 heteroatoms. The molecule has 3 atom stereocenters. The van der Waals surface area contributed by atoms with Crippen LogP contribution in [0.5, 0.6) is 0 Å². The van der Waals surface area contributed by atoms with Crippen LogP contribution < -0.4 is 0 Å². The molecule has 2 N–H and O–H groups in total. The molecule has 0 aromatic heterocycles. The summed E-state index contributed by atoms with van der Waals surface area (Å²) in [7, 11) is 0. The Morgan fingerprint density at radius 2 is 2.08 bits per heavy atom. The molecule has 0 fully saturated rings. The molecule has 0 spiro atoms. The van der Waals surface area contributed by atoms with Crippen LogP contribution in [0, 0.1) is 11.8 Å². The topological polar surface area (TPSA) is 74.6 Å². The average Bonchev–Trinajstić information content (AvgIpc) is 2.89. The van der Waals surface area contributed by atoms with Crippen molar-refractivity contribution in [2.75, 3.05) is 0 Å². The van der Waals surface area contributed by atoms with Crippen LogP contribution in [0.2, 0.25) is 0 Å². The Kier molecular flexibility index (Phi) is 10.0. The highest BCUT2D eigenvalue weighted by Gasteiger charge is 2.26. The van der Waals surface area contributed by atoms with Crippen molar-refractivity contribution in [3.05, 3.63) is 36.5 Å². The van der Waals surface area contributed by atoms with Crippen molar-refractivity contribution in [1.29, 1.82) is 0 Å². The third-order valence-corrected chi connectivity index (χ3v) is 4.28. The maximum atomic E-state index is 12.0. The quantitative estimate of drug-likeness (QED) is 0.417. The minimum atomic E-state index is -0.768. The van der Waals surface area contributed by atoms with E-state index in [1.807, 2.05) is 24.3 Å². The first kappa shape index (κ1) is 20.4. The van der Waals surface area contributed by atoms with Gasteiger partial charge in [-0.25, -0.2) is 0 Å². The van der Waals surface area contributed by atoms with Gasteiger partial charge in [-0.05, 0) is 37.7 Å². The SMILES string of the molecule is CCCCCC(O)/C=C/C1C(=O)C=CC1C/C=C/CCCC(=O)O. The van der Waals surface area contributed by atoms with Crippen LogP contribution in [-0.4, -0.2) is 28.1 Å². The van der Waals surface area contributed by atoms with Crippen LogP contribution in [0.3, 0.4) is 0 Å². The number of aliphatic hydroxyl groups excluding tert-OH is 1. The molecule has 0 saturated carbocycles. The second-order valence-corrected chi connectivity index (χ2v) is 6.39. The molecular formula is C20H30O4. The van der Waals surface area contributed by atoms with Gasteiger partial charge in [0.2, 0.25) is 0 Å². The van der Waals surface area contributed by atoms with Crippen LogP contribution in [0.25, 0.3) is 0 Å². The second-order valence-electron chi connectivity index (χ2n) is 6.39. The van der Waals surface area contributed by atoms with Gasteiger partial charge in [0, 0.05) is 12.3 Å².